The molecule has 0 unspecified atom stereocenters. The van der Waals surface area contributed by atoms with Crippen molar-refractivity contribution in [1.82, 2.24) is 14.5 Å². The van der Waals surface area contributed by atoms with Gasteiger partial charge in [0.2, 0.25) is 0 Å². The maximum atomic E-state index is 11.1. The molecule has 5 nitrogen and oxygen atoms in total. The molecule has 1 aliphatic carbocycles. The van der Waals surface area contributed by atoms with Crippen molar-refractivity contribution >= 4 is 29.0 Å². The molecular formula is C22H25N3O2S. The van der Waals surface area contributed by atoms with E-state index in [2.05, 4.69) is 48.8 Å². The minimum absolute atomic E-state index is 0.528. The number of pyridine rings is 1. The number of imidazole rings is 1. The molecule has 0 amide bonds. The summed E-state index contributed by atoms with van der Waals surface area (Å²) in [7, 11) is 0. The molecule has 0 spiro atoms. The van der Waals surface area contributed by atoms with Crippen molar-refractivity contribution in [3.63, 3.8) is 0 Å². The SMILES string of the molecule is CCCc1nc2c(C)cc(C)nc2n1Cc1ccc(C2(OC=O)CC=CC2)s1. The van der Waals surface area contributed by atoms with Crippen molar-refractivity contribution in [1.29, 1.82) is 0 Å². The summed E-state index contributed by atoms with van der Waals surface area (Å²) < 4.78 is 7.77. The maximum absolute atomic E-state index is 11.1. The highest BCUT2D eigenvalue weighted by molar-refractivity contribution is 7.12. The summed E-state index contributed by atoms with van der Waals surface area (Å²) in [5.41, 5.74) is 3.60. The molecule has 0 aliphatic heterocycles. The first kappa shape index (κ1) is 18.9. The van der Waals surface area contributed by atoms with Gasteiger partial charge in [0.25, 0.3) is 6.47 Å². The normalized spacial score (nSPS) is 15.4. The van der Waals surface area contributed by atoms with Crippen molar-refractivity contribution in [2.75, 3.05) is 0 Å². The van der Waals surface area contributed by atoms with Gasteiger partial charge in [0.05, 0.1) is 6.54 Å². The highest BCUT2D eigenvalue weighted by Crippen LogP contribution is 2.41. The van der Waals surface area contributed by atoms with Crippen molar-refractivity contribution in [3.05, 3.63) is 57.2 Å². The van der Waals surface area contributed by atoms with E-state index in [4.69, 9.17) is 14.7 Å². The lowest BCUT2D eigenvalue weighted by molar-refractivity contribution is -0.143. The highest BCUT2D eigenvalue weighted by atomic mass is 32.1. The Morgan fingerprint density at radius 3 is 2.75 bits per heavy atom. The quantitative estimate of drug-likeness (QED) is 0.425. The molecule has 0 bridgehead atoms. The predicted octanol–water partition coefficient (Wildman–Crippen LogP) is 4.83. The van der Waals surface area contributed by atoms with Crippen LogP contribution in [0.1, 0.15) is 53.0 Å². The molecular weight excluding hydrogens is 370 g/mol. The van der Waals surface area contributed by atoms with Gasteiger partial charge in [-0.2, -0.15) is 0 Å². The third kappa shape index (κ3) is 3.26. The fourth-order valence-corrected chi connectivity index (χ4v) is 5.12. The first-order valence-corrected chi connectivity index (χ1v) is 10.6. The van der Waals surface area contributed by atoms with Gasteiger partial charge in [-0.3, -0.25) is 4.79 Å². The van der Waals surface area contributed by atoms with Crippen LogP contribution in [0.3, 0.4) is 0 Å². The molecule has 0 N–H and O–H groups in total. The van der Waals surface area contributed by atoms with Crippen LogP contribution in [-0.4, -0.2) is 21.0 Å². The monoisotopic (exact) mass is 395 g/mol. The van der Waals surface area contributed by atoms with Crippen LogP contribution < -0.4 is 0 Å². The standard InChI is InChI=1S/C22H25N3O2S/c1-4-7-19-24-20-15(2)12-16(3)23-21(20)25(19)13-17-8-9-18(28-17)22(27-14-26)10-5-6-11-22/h5-6,8-9,12,14H,4,7,10-11,13H2,1-3H3. The molecule has 28 heavy (non-hydrogen) atoms. The molecule has 3 aromatic heterocycles. The zero-order valence-electron chi connectivity index (χ0n) is 16.6. The van der Waals surface area contributed by atoms with E-state index in [0.717, 1.165) is 59.8 Å². The first-order chi connectivity index (χ1) is 13.6. The molecule has 0 aromatic carbocycles. The second-order valence-electron chi connectivity index (χ2n) is 7.47. The molecule has 146 valence electrons. The average molecular weight is 396 g/mol. The average Bonchev–Trinajstić information content (AvgIpc) is 3.37. The van der Waals surface area contributed by atoms with Crippen molar-refractivity contribution in [3.8, 4) is 0 Å². The van der Waals surface area contributed by atoms with Crippen LogP contribution in [-0.2, 0) is 28.1 Å². The van der Waals surface area contributed by atoms with E-state index in [1.807, 2.05) is 6.92 Å². The van der Waals surface area contributed by atoms with E-state index in [1.54, 1.807) is 11.3 Å². The Labute approximate surface area is 169 Å². The lowest BCUT2D eigenvalue weighted by Gasteiger charge is -2.25. The smallest absolute Gasteiger partial charge is 0.294 e. The number of nitrogens with zero attached hydrogens (tertiary/aromatic N) is 3. The molecule has 4 rings (SSSR count). The lowest BCUT2D eigenvalue weighted by atomic mass is 9.99. The number of carbonyl (C=O) groups is 1. The molecule has 3 aromatic rings. The molecule has 0 saturated carbocycles. The van der Waals surface area contributed by atoms with Gasteiger partial charge >= 0.3 is 0 Å². The Morgan fingerprint density at radius 1 is 1.25 bits per heavy atom. The van der Waals surface area contributed by atoms with Gasteiger partial charge in [-0.15, -0.1) is 11.3 Å². The number of ether oxygens (including phenoxy) is 1. The third-order valence-electron chi connectivity index (χ3n) is 5.33. The number of rotatable bonds is 7. The van der Waals surface area contributed by atoms with Crippen LogP contribution in [0, 0.1) is 13.8 Å². The molecule has 0 saturated heterocycles. The Balaban J connectivity index is 1.72. The van der Waals surface area contributed by atoms with Crippen molar-refractivity contribution < 1.29 is 9.53 Å². The summed E-state index contributed by atoms with van der Waals surface area (Å²) in [6, 6.07) is 6.32. The van der Waals surface area contributed by atoms with Gasteiger partial charge in [-0.05, 0) is 44.0 Å². The molecule has 3 heterocycles. The van der Waals surface area contributed by atoms with E-state index in [9.17, 15) is 4.79 Å². The number of aryl methyl sites for hydroxylation is 3. The molecule has 0 fully saturated rings. The maximum Gasteiger partial charge on any atom is 0.294 e. The van der Waals surface area contributed by atoms with Gasteiger partial charge in [-0.25, -0.2) is 9.97 Å². The van der Waals surface area contributed by atoms with Crippen LogP contribution in [0.4, 0.5) is 0 Å². The van der Waals surface area contributed by atoms with E-state index in [1.165, 1.54) is 10.4 Å². The second kappa shape index (κ2) is 7.51. The summed E-state index contributed by atoms with van der Waals surface area (Å²) >= 11 is 1.71. The minimum Gasteiger partial charge on any atom is -0.455 e. The summed E-state index contributed by atoms with van der Waals surface area (Å²) in [6.45, 7) is 7.61. The van der Waals surface area contributed by atoms with Crippen LogP contribution in [0.25, 0.3) is 11.2 Å². The summed E-state index contributed by atoms with van der Waals surface area (Å²) in [5, 5.41) is 0. The van der Waals surface area contributed by atoms with E-state index in [0.29, 0.717) is 6.47 Å². The van der Waals surface area contributed by atoms with Gasteiger partial charge in [0.1, 0.15) is 11.3 Å². The van der Waals surface area contributed by atoms with Gasteiger partial charge in [-0.1, -0.05) is 19.1 Å². The van der Waals surface area contributed by atoms with Crippen LogP contribution >= 0.6 is 11.3 Å². The zero-order chi connectivity index (χ0) is 19.7. The predicted molar refractivity (Wildman–Crippen MR) is 112 cm³/mol. The van der Waals surface area contributed by atoms with E-state index in [-0.39, 0.29) is 0 Å². The van der Waals surface area contributed by atoms with Crippen LogP contribution in [0.2, 0.25) is 0 Å². The van der Waals surface area contributed by atoms with Crippen LogP contribution in [0.15, 0.2) is 30.4 Å². The fraction of sp³-hybridized carbons (Fsp3) is 0.409. The highest BCUT2D eigenvalue weighted by Gasteiger charge is 2.36. The van der Waals surface area contributed by atoms with Gasteiger partial charge in [0, 0.05) is 34.7 Å². The van der Waals surface area contributed by atoms with Gasteiger partial charge in [0.15, 0.2) is 11.2 Å². The number of aromatic nitrogens is 3. The van der Waals surface area contributed by atoms with Gasteiger partial charge < -0.3 is 9.30 Å². The molecule has 0 radical (unpaired) electrons. The first-order valence-electron chi connectivity index (χ1n) is 9.75. The number of hydrogen-bond acceptors (Lipinski definition) is 5. The number of hydrogen-bond donors (Lipinski definition) is 0. The summed E-state index contributed by atoms with van der Waals surface area (Å²) in [5.74, 6) is 1.08. The number of fused-ring (bicyclic) bond motifs is 1. The summed E-state index contributed by atoms with van der Waals surface area (Å²) in [6.07, 6.45) is 7.61. The van der Waals surface area contributed by atoms with Crippen molar-refractivity contribution in [2.45, 2.75) is 58.6 Å². The molecule has 0 atom stereocenters. The van der Waals surface area contributed by atoms with E-state index >= 15 is 0 Å². The topological polar surface area (TPSA) is 57.0 Å². The molecule has 1 aliphatic rings. The fourth-order valence-electron chi connectivity index (χ4n) is 3.97. The lowest BCUT2D eigenvalue weighted by Crippen LogP contribution is -2.24. The Hall–Kier alpha value is -2.47. The number of carbonyl (C=O) groups excluding carboxylic acids is 1. The second-order valence-corrected chi connectivity index (χ2v) is 8.64. The van der Waals surface area contributed by atoms with Crippen molar-refractivity contribution in [2.24, 2.45) is 0 Å². The van der Waals surface area contributed by atoms with E-state index < -0.39 is 5.60 Å². The third-order valence-corrected chi connectivity index (χ3v) is 6.59. The summed E-state index contributed by atoms with van der Waals surface area (Å²) in [4.78, 5) is 23.1. The minimum atomic E-state index is -0.528. The zero-order valence-corrected chi connectivity index (χ0v) is 17.4. The number of thiophene rings is 1. The van der Waals surface area contributed by atoms with Crippen LogP contribution in [0.5, 0.6) is 0 Å². The largest absolute Gasteiger partial charge is 0.455 e. The Morgan fingerprint density at radius 2 is 2.04 bits per heavy atom. The Kier molecular flexibility index (Phi) is 5.06. The molecule has 6 heteroatoms. The Bertz CT molecular complexity index is 1040.